The van der Waals surface area contributed by atoms with Crippen molar-refractivity contribution in [2.45, 2.75) is 18.4 Å². The molecule has 27 heavy (non-hydrogen) atoms. The molecule has 2 aromatic rings. The molecule has 0 saturated carbocycles. The normalized spacial score (nSPS) is 18.1. The third kappa shape index (κ3) is 3.45. The van der Waals surface area contributed by atoms with Crippen LogP contribution in [0.2, 0.25) is 0 Å². The average molecular weight is 367 g/mol. The van der Waals surface area contributed by atoms with Gasteiger partial charge in [-0.2, -0.15) is 0 Å². The second-order valence-corrected chi connectivity index (χ2v) is 6.86. The predicted molar refractivity (Wildman–Crippen MR) is 98.6 cm³/mol. The molecule has 2 aliphatic rings. The molecule has 0 aliphatic carbocycles. The fraction of sp³-hybridized carbons (Fsp3) is 0.350. The Morgan fingerprint density at radius 2 is 2.00 bits per heavy atom. The van der Waals surface area contributed by atoms with Crippen LogP contribution >= 0.6 is 0 Å². The van der Waals surface area contributed by atoms with E-state index in [0.717, 1.165) is 11.3 Å². The highest BCUT2D eigenvalue weighted by Gasteiger charge is 2.43. The fourth-order valence-corrected chi connectivity index (χ4v) is 3.58. The van der Waals surface area contributed by atoms with E-state index in [1.807, 2.05) is 41.3 Å². The summed E-state index contributed by atoms with van der Waals surface area (Å²) in [6.45, 7) is 1.65. The van der Waals surface area contributed by atoms with Crippen LogP contribution in [-0.2, 0) is 4.74 Å². The molecular formula is C20H21N3O4. The molecule has 0 radical (unpaired) electrons. The molecule has 3 heterocycles. The largest absolute Gasteiger partial charge is 0.481 e. The van der Waals surface area contributed by atoms with Gasteiger partial charge in [0.05, 0.1) is 19.3 Å². The zero-order valence-corrected chi connectivity index (χ0v) is 15.1. The molecule has 7 nitrogen and oxygen atoms in total. The number of carbonyl (C=O) groups excluding carboxylic acids is 2. The zero-order valence-electron chi connectivity index (χ0n) is 15.1. The lowest BCUT2D eigenvalue weighted by atomic mass is 9.91. The number of likely N-dealkylation sites (tertiary alicyclic amines) is 1. The van der Waals surface area contributed by atoms with Crippen LogP contribution in [-0.4, -0.2) is 54.2 Å². The second kappa shape index (κ2) is 6.90. The van der Waals surface area contributed by atoms with Crippen molar-refractivity contribution < 1.29 is 19.1 Å². The highest BCUT2D eigenvalue weighted by Crippen LogP contribution is 2.30. The number of amides is 2. The molecule has 1 aromatic carbocycles. The smallest absolute Gasteiger partial charge is 0.407 e. The van der Waals surface area contributed by atoms with Crippen molar-refractivity contribution in [3.63, 3.8) is 0 Å². The van der Waals surface area contributed by atoms with Crippen molar-refractivity contribution >= 4 is 12.0 Å². The number of nitrogens with zero attached hydrogens (tertiary/aromatic N) is 2. The Kier molecular flexibility index (Phi) is 4.43. The molecule has 7 heteroatoms. The molecule has 1 aromatic heterocycles. The van der Waals surface area contributed by atoms with Gasteiger partial charge < -0.3 is 19.7 Å². The third-order valence-electron chi connectivity index (χ3n) is 5.16. The van der Waals surface area contributed by atoms with E-state index in [1.165, 1.54) is 0 Å². The van der Waals surface area contributed by atoms with Crippen molar-refractivity contribution in [1.82, 2.24) is 15.2 Å². The van der Waals surface area contributed by atoms with E-state index in [-0.39, 0.29) is 12.0 Å². The summed E-state index contributed by atoms with van der Waals surface area (Å²) in [5.41, 5.74) is 1.78. The van der Waals surface area contributed by atoms with Gasteiger partial charge in [0.2, 0.25) is 5.88 Å². The molecule has 2 amide bonds. The molecule has 1 N–H and O–H groups in total. The summed E-state index contributed by atoms with van der Waals surface area (Å²) in [5, 5.41) is 2.71. The highest BCUT2D eigenvalue weighted by atomic mass is 16.6. The molecule has 2 saturated heterocycles. The number of hydrogen-bond acceptors (Lipinski definition) is 5. The summed E-state index contributed by atoms with van der Waals surface area (Å²) < 4.78 is 10.6. The lowest BCUT2D eigenvalue weighted by molar-refractivity contribution is 0.00331. The zero-order chi connectivity index (χ0) is 18.9. The van der Waals surface area contributed by atoms with E-state index in [4.69, 9.17) is 9.47 Å². The number of rotatable bonds is 3. The summed E-state index contributed by atoms with van der Waals surface area (Å²) in [6.07, 6.45) is 0.928. The minimum atomic E-state index is -0.458. The van der Waals surface area contributed by atoms with Gasteiger partial charge in [-0.1, -0.05) is 18.2 Å². The minimum Gasteiger partial charge on any atom is -0.481 e. The van der Waals surface area contributed by atoms with Gasteiger partial charge >= 0.3 is 6.09 Å². The van der Waals surface area contributed by atoms with E-state index in [9.17, 15) is 9.59 Å². The van der Waals surface area contributed by atoms with Gasteiger partial charge in [-0.25, -0.2) is 9.78 Å². The number of carbonyl (C=O) groups is 2. The van der Waals surface area contributed by atoms with E-state index >= 15 is 0 Å². The van der Waals surface area contributed by atoms with Crippen molar-refractivity contribution in [2.75, 3.05) is 26.7 Å². The number of hydrogen-bond donors (Lipinski definition) is 1. The summed E-state index contributed by atoms with van der Waals surface area (Å²) in [7, 11) is 1.58. The van der Waals surface area contributed by atoms with Crippen molar-refractivity contribution in [2.24, 2.45) is 0 Å². The van der Waals surface area contributed by atoms with Crippen molar-refractivity contribution in [1.29, 1.82) is 0 Å². The van der Waals surface area contributed by atoms with Gasteiger partial charge in [-0.15, -0.1) is 0 Å². The monoisotopic (exact) mass is 367 g/mol. The number of piperidine rings is 1. The van der Waals surface area contributed by atoms with E-state index in [0.29, 0.717) is 43.9 Å². The molecule has 0 unspecified atom stereocenters. The van der Waals surface area contributed by atoms with Crippen LogP contribution in [0.25, 0.3) is 11.3 Å². The first kappa shape index (κ1) is 17.3. The predicted octanol–water partition coefficient (Wildman–Crippen LogP) is 2.47. The van der Waals surface area contributed by atoms with Gasteiger partial charge in [0.1, 0.15) is 5.60 Å². The van der Waals surface area contributed by atoms with Gasteiger partial charge in [-0.05, 0) is 18.2 Å². The lowest BCUT2D eigenvalue weighted by Crippen LogP contribution is -2.48. The Hall–Kier alpha value is -3.09. The maximum Gasteiger partial charge on any atom is 0.407 e. The number of pyridine rings is 1. The Morgan fingerprint density at radius 1 is 1.22 bits per heavy atom. The summed E-state index contributed by atoms with van der Waals surface area (Å²) in [6, 6.07) is 13.0. The minimum absolute atomic E-state index is 0.0214. The first-order valence-electron chi connectivity index (χ1n) is 8.96. The standard InChI is InChI=1S/C20H21N3O4/c1-26-17-7-3-6-16(22-17)14-4-2-5-15(12-14)18(24)23-10-8-20(9-11-23)13-21-19(25)27-20/h2-7,12H,8-11,13H2,1H3,(H,21,25). The molecule has 1 spiro atoms. The van der Waals surface area contributed by atoms with Crippen molar-refractivity contribution in [3.8, 4) is 17.1 Å². The van der Waals surface area contributed by atoms with Crippen LogP contribution in [0, 0.1) is 0 Å². The average Bonchev–Trinajstić information content (AvgIpc) is 3.08. The SMILES string of the molecule is COc1cccc(-c2cccc(C(=O)N3CCC4(CC3)CNC(=O)O4)c2)n1. The molecule has 0 bridgehead atoms. The van der Waals surface area contributed by atoms with Crippen LogP contribution in [0.5, 0.6) is 5.88 Å². The van der Waals surface area contributed by atoms with Crippen LogP contribution in [0.3, 0.4) is 0 Å². The van der Waals surface area contributed by atoms with Gasteiger partial charge in [-0.3, -0.25) is 4.79 Å². The number of nitrogens with one attached hydrogen (secondary N) is 1. The molecule has 0 atom stereocenters. The number of ether oxygens (including phenoxy) is 2. The quantitative estimate of drug-likeness (QED) is 0.901. The first-order chi connectivity index (χ1) is 13.1. The van der Waals surface area contributed by atoms with E-state index < -0.39 is 5.60 Å². The maximum atomic E-state index is 12.9. The molecular weight excluding hydrogens is 346 g/mol. The van der Waals surface area contributed by atoms with Crippen LogP contribution < -0.4 is 10.1 Å². The van der Waals surface area contributed by atoms with Crippen LogP contribution in [0.15, 0.2) is 42.5 Å². The van der Waals surface area contributed by atoms with E-state index in [2.05, 4.69) is 10.3 Å². The Bertz CT molecular complexity index is 875. The van der Waals surface area contributed by atoms with Gasteiger partial charge in [0, 0.05) is 43.1 Å². The van der Waals surface area contributed by atoms with Crippen LogP contribution in [0.4, 0.5) is 4.79 Å². The Balaban J connectivity index is 1.49. The number of methoxy groups -OCH3 is 1. The second-order valence-electron chi connectivity index (χ2n) is 6.86. The summed E-state index contributed by atoms with van der Waals surface area (Å²) >= 11 is 0. The number of aromatic nitrogens is 1. The van der Waals surface area contributed by atoms with Crippen molar-refractivity contribution in [3.05, 3.63) is 48.0 Å². The molecule has 4 rings (SSSR count). The molecule has 140 valence electrons. The maximum absolute atomic E-state index is 12.9. The topological polar surface area (TPSA) is 80.8 Å². The Morgan fingerprint density at radius 3 is 2.70 bits per heavy atom. The molecule has 2 aliphatic heterocycles. The number of alkyl carbamates (subject to hydrolysis) is 1. The van der Waals surface area contributed by atoms with E-state index in [1.54, 1.807) is 13.2 Å². The van der Waals surface area contributed by atoms with Gasteiger partial charge in [0.25, 0.3) is 5.91 Å². The summed E-state index contributed by atoms with van der Waals surface area (Å²) in [4.78, 5) is 30.5. The highest BCUT2D eigenvalue weighted by molar-refractivity contribution is 5.95. The summed E-state index contributed by atoms with van der Waals surface area (Å²) in [5.74, 6) is 0.511. The van der Waals surface area contributed by atoms with Crippen LogP contribution in [0.1, 0.15) is 23.2 Å². The number of benzene rings is 1. The first-order valence-corrected chi connectivity index (χ1v) is 8.96. The van der Waals surface area contributed by atoms with Gasteiger partial charge in [0.15, 0.2) is 0 Å². The molecule has 2 fully saturated rings. The lowest BCUT2D eigenvalue weighted by Gasteiger charge is -2.37. The fourth-order valence-electron chi connectivity index (χ4n) is 3.58. The third-order valence-corrected chi connectivity index (χ3v) is 5.16. The Labute approximate surface area is 157 Å².